The summed E-state index contributed by atoms with van der Waals surface area (Å²) >= 11 is 3.32. The lowest BCUT2D eigenvalue weighted by atomic mass is 10.1. The lowest BCUT2D eigenvalue weighted by Gasteiger charge is -2.09. The van der Waals surface area contributed by atoms with E-state index >= 15 is 0 Å². The zero-order chi connectivity index (χ0) is 10.6. The maximum Gasteiger partial charge on any atom is 0.228 e. The molecule has 0 aromatic carbocycles. The Labute approximate surface area is 92.1 Å². The maximum atomic E-state index is 11.5. The van der Waals surface area contributed by atoms with Gasteiger partial charge in [-0.3, -0.25) is 4.79 Å². The molecule has 0 aliphatic rings. The fourth-order valence-corrected chi connectivity index (χ4v) is 1.26. The van der Waals surface area contributed by atoms with Crippen molar-refractivity contribution in [3.8, 4) is 0 Å². The molecule has 0 aliphatic heterocycles. The van der Waals surface area contributed by atoms with Gasteiger partial charge in [0.05, 0.1) is 4.47 Å². The summed E-state index contributed by atoms with van der Waals surface area (Å²) < 4.78 is 0.802. The smallest absolute Gasteiger partial charge is 0.228 e. The summed E-state index contributed by atoms with van der Waals surface area (Å²) in [5.74, 6) is 0.605. The van der Waals surface area contributed by atoms with E-state index in [1.165, 1.54) is 0 Å². The van der Waals surface area contributed by atoms with Crippen LogP contribution in [0.25, 0.3) is 0 Å². The minimum atomic E-state index is 0.00639. The van der Waals surface area contributed by atoms with Gasteiger partial charge in [-0.2, -0.15) is 0 Å². The fourth-order valence-electron chi connectivity index (χ4n) is 0.903. The SMILES string of the molecule is CCC(C)C(=O)Nc1ncccc1Br. The van der Waals surface area contributed by atoms with Crippen molar-refractivity contribution in [3.05, 3.63) is 22.8 Å². The van der Waals surface area contributed by atoms with Crippen LogP contribution in [0.1, 0.15) is 20.3 Å². The minimum Gasteiger partial charge on any atom is -0.310 e. The fraction of sp³-hybridized carbons (Fsp3) is 0.400. The first kappa shape index (κ1) is 11.2. The van der Waals surface area contributed by atoms with Gasteiger partial charge in [0, 0.05) is 12.1 Å². The second-order valence-corrected chi connectivity index (χ2v) is 3.99. The monoisotopic (exact) mass is 256 g/mol. The van der Waals surface area contributed by atoms with Gasteiger partial charge in [-0.05, 0) is 34.5 Å². The molecule has 0 bridgehead atoms. The van der Waals surface area contributed by atoms with E-state index in [1.54, 1.807) is 6.20 Å². The van der Waals surface area contributed by atoms with E-state index in [0.29, 0.717) is 5.82 Å². The van der Waals surface area contributed by atoms with Crippen LogP contribution in [0.4, 0.5) is 5.82 Å². The molecule has 1 N–H and O–H groups in total. The standard InChI is InChI=1S/C10H13BrN2O/c1-3-7(2)10(14)13-9-8(11)5-4-6-12-9/h4-7H,3H2,1-2H3,(H,12,13,14). The van der Waals surface area contributed by atoms with Crippen molar-refractivity contribution in [2.24, 2.45) is 5.92 Å². The van der Waals surface area contributed by atoms with Crippen LogP contribution in [0.2, 0.25) is 0 Å². The Balaban J connectivity index is 2.70. The molecule has 4 heteroatoms. The van der Waals surface area contributed by atoms with Crippen molar-refractivity contribution < 1.29 is 4.79 Å². The Bertz CT molecular complexity index is 328. The Morgan fingerprint density at radius 1 is 1.71 bits per heavy atom. The Hall–Kier alpha value is -0.900. The van der Waals surface area contributed by atoms with E-state index in [2.05, 4.69) is 26.2 Å². The predicted molar refractivity (Wildman–Crippen MR) is 60.0 cm³/mol. The highest BCUT2D eigenvalue weighted by Crippen LogP contribution is 2.19. The Morgan fingerprint density at radius 3 is 3.00 bits per heavy atom. The average molecular weight is 257 g/mol. The molecule has 1 aromatic rings. The molecule has 76 valence electrons. The quantitative estimate of drug-likeness (QED) is 0.904. The number of aromatic nitrogens is 1. The zero-order valence-corrected chi connectivity index (χ0v) is 9.84. The topological polar surface area (TPSA) is 42.0 Å². The second-order valence-electron chi connectivity index (χ2n) is 3.13. The number of carbonyl (C=O) groups is 1. The van der Waals surface area contributed by atoms with Crippen LogP contribution in [0.3, 0.4) is 0 Å². The number of anilines is 1. The van der Waals surface area contributed by atoms with Crippen molar-refractivity contribution in [1.82, 2.24) is 4.98 Å². The van der Waals surface area contributed by atoms with Gasteiger partial charge in [-0.15, -0.1) is 0 Å². The molecular formula is C10H13BrN2O. The summed E-state index contributed by atoms with van der Waals surface area (Å²) in [6.07, 6.45) is 2.48. The van der Waals surface area contributed by atoms with Crippen LogP contribution in [0.5, 0.6) is 0 Å². The molecule has 0 fully saturated rings. The molecule has 1 heterocycles. The van der Waals surface area contributed by atoms with E-state index in [4.69, 9.17) is 0 Å². The van der Waals surface area contributed by atoms with Crippen LogP contribution in [-0.4, -0.2) is 10.9 Å². The molecule has 0 saturated carbocycles. The largest absolute Gasteiger partial charge is 0.310 e. The highest BCUT2D eigenvalue weighted by molar-refractivity contribution is 9.10. The zero-order valence-electron chi connectivity index (χ0n) is 8.25. The van der Waals surface area contributed by atoms with Gasteiger partial charge in [0.25, 0.3) is 0 Å². The van der Waals surface area contributed by atoms with Crippen molar-refractivity contribution in [2.75, 3.05) is 5.32 Å². The third kappa shape index (κ3) is 2.80. The minimum absolute atomic E-state index is 0.00639. The number of carbonyl (C=O) groups excluding carboxylic acids is 1. The molecule has 0 spiro atoms. The van der Waals surface area contributed by atoms with Gasteiger partial charge in [0.2, 0.25) is 5.91 Å². The van der Waals surface area contributed by atoms with E-state index in [9.17, 15) is 4.79 Å². The van der Waals surface area contributed by atoms with Crippen LogP contribution in [0.15, 0.2) is 22.8 Å². The van der Waals surface area contributed by atoms with Crippen molar-refractivity contribution in [2.45, 2.75) is 20.3 Å². The lowest BCUT2D eigenvalue weighted by molar-refractivity contribution is -0.119. The van der Waals surface area contributed by atoms with Gasteiger partial charge >= 0.3 is 0 Å². The van der Waals surface area contributed by atoms with Crippen LogP contribution in [-0.2, 0) is 4.79 Å². The summed E-state index contributed by atoms with van der Waals surface area (Å²) in [4.78, 5) is 15.6. The molecule has 1 amide bonds. The molecular weight excluding hydrogens is 244 g/mol. The second kappa shape index (κ2) is 5.10. The highest BCUT2D eigenvalue weighted by atomic mass is 79.9. The molecule has 14 heavy (non-hydrogen) atoms. The molecule has 3 nitrogen and oxygen atoms in total. The average Bonchev–Trinajstić information content (AvgIpc) is 2.20. The van der Waals surface area contributed by atoms with Crippen molar-refractivity contribution in [3.63, 3.8) is 0 Å². The maximum absolute atomic E-state index is 11.5. The molecule has 0 saturated heterocycles. The lowest BCUT2D eigenvalue weighted by Crippen LogP contribution is -2.20. The van der Waals surface area contributed by atoms with Gasteiger partial charge in [0.1, 0.15) is 5.82 Å². The molecule has 0 aliphatic carbocycles. The van der Waals surface area contributed by atoms with E-state index in [0.717, 1.165) is 10.9 Å². The number of hydrogen-bond acceptors (Lipinski definition) is 2. The molecule has 1 unspecified atom stereocenters. The first-order chi connectivity index (χ1) is 6.65. The predicted octanol–water partition coefficient (Wildman–Crippen LogP) is 2.83. The first-order valence-electron chi connectivity index (χ1n) is 4.56. The Kier molecular flexibility index (Phi) is 4.07. The van der Waals surface area contributed by atoms with Gasteiger partial charge in [0.15, 0.2) is 0 Å². The molecule has 1 rings (SSSR count). The van der Waals surface area contributed by atoms with Crippen molar-refractivity contribution in [1.29, 1.82) is 0 Å². The first-order valence-corrected chi connectivity index (χ1v) is 5.35. The number of amides is 1. The molecule has 1 atom stereocenters. The van der Waals surface area contributed by atoms with E-state index in [-0.39, 0.29) is 11.8 Å². The van der Waals surface area contributed by atoms with E-state index in [1.807, 2.05) is 26.0 Å². The number of rotatable bonds is 3. The third-order valence-corrected chi connectivity index (χ3v) is 2.70. The summed E-state index contributed by atoms with van der Waals surface area (Å²) in [5.41, 5.74) is 0. The number of nitrogens with one attached hydrogen (secondary N) is 1. The molecule has 0 radical (unpaired) electrons. The number of halogens is 1. The highest BCUT2D eigenvalue weighted by Gasteiger charge is 2.12. The molecule has 1 aromatic heterocycles. The van der Waals surface area contributed by atoms with Gasteiger partial charge in [-0.1, -0.05) is 13.8 Å². The van der Waals surface area contributed by atoms with Crippen LogP contribution < -0.4 is 5.32 Å². The van der Waals surface area contributed by atoms with Crippen molar-refractivity contribution >= 4 is 27.7 Å². The van der Waals surface area contributed by atoms with Gasteiger partial charge < -0.3 is 5.32 Å². The Morgan fingerprint density at radius 2 is 2.43 bits per heavy atom. The van der Waals surface area contributed by atoms with Crippen LogP contribution >= 0.6 is 15.9 Å². The number of hydrogen-bond donors (Lipinski definition) is 1. The van der Waals surface area contributed by atoms with E-state index < -0.39 is 0 Å². The summed E-state index contributed by atoms with van der Waals surface area (Å²) in [6.45, 7) is 3.88. The summed E-state index contributed by atoms with van der Waals surface area (Å²) in [5, 5.41) is 2.76. The van der Waals surface area contributed by atoms with Crippen LogP contribution in [0, 0.1) is 5.92 Å². The van der Waals surface area contributed by atoms with Gasteiger partial charge in [-0.25, -0.2) is 4.98 Å². The summed E-state index contributed by atoms with van der Waals surface area (Å²) in [7, 11) is 0. The third-order valence-electron chi connectivity index (χ3n) is 2.06. The number of nitrogens with zero attached hydrogens (tertiary/aromatic N) is 1. The summed E-state index contributed by atoms with van der Waals surface area (Å²) in [6, 6.07) is 3.65. The number of pyridine rings is 1. The normalized spacial score (nSPS) is 12.2.